The molecule has 4 heterocycles. The lowest BCUT2D eigenvalue weighted by molar-refractivity contribution is -0.992. The highest BCUT2D eigenvalue weighted by Gasteiger charge is 2.37. The highest BCUT2D eigenvalue weighted by molar-refractivity contribution is 5.85. The first-order chi connectivity index (χ1) is 16.7. The van der Waals surface area contributed by atoms with Crippen molar-refractivity contribution in [1.29, 1.82) is 0 Å². The minimum atomic E-state index is -1.24. The Morgan fingerprint density at radius 3 is 2.66 bits per heavy atom. The highest BCUT2D eigenvalue weighted by atomic mass is 16.8. The summed E-state index contributed by atoms with van der Waals surface area (Å²) in [5, 5.41) is 30.0. The van der Waals surface area contributed by atoms with E-state index >= 15 is 0 Å². The molecule has 0 spiro atoms. The molecule has 0 aliphatic carbocycles. The number of nitrogens with one attached hydrogen (secondary N) is 1. The van der Waals surface area contributed by atoms with E-state index in [0.29, 0.717) is 36.3 Å². The first-order valence-corrected chi connectivity index (χ1v) is 11.6. The predicted octanol–water partition coefficient (Wildman–Crippen LogP) is 1.26. The van der Waals surface area contributed by atoms with Gasteiger partial charge in [0.2, 0.25) is 11.6 Å². The van der Waals surface area contributed by atoms with E-state index < -0.39 is 16.4 Å². The van der Waals surface area contributed by atoms with Gasteiger partial charge in [0, 0.05) is 60.2 Å². The summed E-state index contributed by atoms with van der Waals surface area (Å²) in [4.78, 5) is 40.2. The smallest absolute Gasteiger partial charge is 0.339 e. The number of aryl methyl sites for hydroxylation is 2. The SMILES string of the molecule is Cc1c(CCC(=O)N2C[C@H]3C[C@H](C2)c2ccc([NH+]([O-])O)c(=O)n2C3)c(=O)oc2c(C)c(O)ccc12. The second-order valence-corrected chi connectivity index (χ2v) is 9.57. The van der Waals surface area contributed by atoms with E-state index in [4.69, 9.17) is 4.42 Å². The van der Waals surface area contributed by atoms with E-state index in [1.165, 1.54) is 6.07 Å². The summed E-state index contributed by atoms with van der Waals surface area (Å²) >= 11 is 0. The van der Waals surface area contributed by atoms with Gasteiger partial charge in [0.25, 0.3) is 0 Å². The van der Waals surface area contributed by atoms with E-state index in [9.17, 15) is 29.9 Å². The number of pyridine rings is 1. The lowest BCUT2D eigenvalue weighted by Crippen LogP contribution is -3.00. The molecule has 2 aromatic heterocycles. The van der Waals surface area contributed by atoms with Crippen molar-refractivity contribution < 1.29 is 24.8 Å². The average Bonchev–Trinajstić information content (AvgIpc) is 2.81. The zero-order valence-corrected chi connectivity index (χ0v) is 19.5. The van der Waals surface area contributed by atoms with E-state index in [2.05, 4.69) is 0 Å². The lowest BCUT2D eigenvalue weighted by atomic mass is 9.83. The Kier molecular flexibility index (Phi) is 5.74. The molecule has 3 aromatic rings. The van der Waals surface area contributed by atoms with Crippen molar-refractivity contribution in [2.75, 3.05) is 13.1 Å². The number of aromatic hydroxyl groups is 1. The van der Waals surface area contributed by atoms with Crippen molar-refractivity contribution in [1.82, 2.24) is 9.47 Å². The fourth-order valence-corrected chi connectivity index (χ4v) is 5.57. The van der Waals surface area contributed by atoms with Crippen LogP contribution in [0.1, 0.15) is 41.1 Å². The summed E-state index contributed by atoms with van der Waals surface area (Å²) in [5.74, 6) is 0.0141. The Labute approximate surface area is 200 Å². The Morgan fingerprint density at radius 2 is 1.91 bits per heavy atom. The van der Waals surface area contributed by atoms with E-state index in [1.807, 2.05) is 6.92 Å². The standard InChI is InChI=1S/C25H27N3O7/c1-13-17-3-7-21(29)14(2)23(17)35-25(32)18(13)4-8-22(30)26-10-15-9-16(12-26)19-5-6-20(28(33)34)24(31)27(19)11-15/h3,5-7,15-16,28-29,33H,4,8-12H2,1-2H3/t15-,16-/m1/s1. The Hall–Kier alpha value is -3.47. The number of rotatable bonds is 4. The number of benzene rings is 1. The summed E-state index contributed by atoms with van der Waals surface area (Å²) in [7, 11) is 0. The van der Waals surface area contributed by atoms with Gasteiger partial charge in [-0.05, 0) is 56.4 Å². The number of phenolic OH excluding ortho intramolecular Hbond substituents is 1. The first kappa shape index (κ1) is 23.3. The van der Waals surface area contributed by atoms with E-state index in [0.717, 1.165) is 23.1 Å². The fraction of sp³-hybridized carbons (Fsp3) is 0.400. The van der Waals surface area contributed by atoms with Crippen LogP contribution in [-0.2, 0) is 17.8 Å². The summed E-state index contributed by atoms with van der Waals surface area (Å²) in [6.07, 6.45) is 1.24. The summed E-state index contributed by atoms with van der Waals surface area (Å²) in [6, 6.07) is 6.31. The number of amides is 1. The third-order valence-electron chi connectivity index (χ3n) is 7.45. The molecule has 10 nitrogen and oxygen atoms in total. The van der Waals surface area contributed by atoms with E-state index in [1.54, 1.807) is 34.6 Å². The summed E-state index contributed by atoms with van der Waals surface area (Å²) < 4.78 is 7.03. The third-order valence-corrected chi connectivity index (χ3v) is 7.45. The summed E-state index contributed by atoms with van der Waals surface area (Å²) in [6.45, 7) is 4.83. The lowest BCUT2D eigenvalue weighted by Gasteiger charge is -2.43. The number of phenols is 1. The molecule has 2 aliphatic rings. The van der Waals surface area contributed by atoms with Gasteiger partial charge in [-0.15, -0.1) is 0 Å². The molecule has 0 saturated carbocycles. The Bertz CT molecular complexity index is 1460. The highest BCUT2D eigenvalue weighted by Crippen LogP contribution is 2.35. The molecular formula is C25H27N3O7. The van der Waals surface area contributed by atoms with Crippen molar-refractivity contribution in [2.24, 2.45) is 5.92 Å². The van der Waals surface area contributed by atoms with Crippen LogP contribution in [-0.4, -0.2) is 38.8 Å². The second-order valence-electron chi connectivity index (χ2n) is 9.57. The number of carbonyl (C=O) groups excluding carboxylic acids is 1. The maximum atomic E-state index is 13.1. The van der Waals surface area contributed by atoms with Crippen LogP contribution in [0.15, 0.2) is 38.3 Å². The number of quaternary nitrogens is 1. The van der Waals surface area contributed by atoms with Gasteiger partial charge in [-0.1, -0.05) is 0 Å². The molecule has 10 heteroatoms. The number of hydrogen-bond donors (Lipinski definition) is 3. The van der Waals surface area contributed by atoms with Crippen molar-refractivity contribution in [2.45, 2.75) is 45.6 Å². The van der Waals surface area contributed by atoms with Gasteiger partial charge in [-0.3, -0.25) is 9.59 Å². The Balaban J connectivity index is 1.34. The number of likely N-dealkylation sites (tertiary alicyclic amines) is 1. The van der Waals surface area contributed by atoms with Crippen LogP contribution in [0.2, 0.25) is 0 Å². The minimum absolute atomic E-state index is 0.0369. The molecule has 3 atom stereocenters. The predicted molar refractivity (Wildman–Crippen MR) is 126 cm³/mol. The van der Waals surface area contributed by atoms with Crippen LogP contribution in [0.3, 0.4) is 0 Å². The quantitative estimate of drug-likeness (QED) is 0.376. The van der Waals surface area contributed by atoms with Crippen LogP contribution >= 0.6 is 0 Å². The average molecular weight is 482 g/mol. The van der Waals surface area contributed by atoms with Crippen LogP contribution < -0.4 is 16.4 Å². The van der Waals surface area contributed by atoms with Gasteiger partial charge < -0.3 is 24.2 Å². The zero-order valence-electron chi connectivity index (χ0n) is 19.5. The van der Waals surface area contributed by atoms with Crippen molar-refractivity contribution >= 4 is 22.6 Å². The van der Waals surface area contributed by atoms with Gasteiger partial charge >= 0.3 is 11.2 Å². The molecule has 2 bridgehead atoms. The van der Waals surface area contributed by atoms with Crippen LogP contribution in [0, 0.1) is 25.0 Å². The zero-order chi connectivity index (χ0) is 25.0. The number of carbonyl (C=O) groups is 1. The number of fused-ring (bicyclic) bond motifs is 5. The summed E-state index contributed by atoms with van der Waals surface area (Å²) in [5.41, 5.74) is 1.57. The van der Waals surface area contributed by atoms with Crippen LogP contribution in [0.4, 0.5) is 5.69 Å². The maximum absolute atomic E-state index is 13.1. The van der Waals surface area contributed by atoms with Gasteiger partial charge in [0.1, 0.15) is 11.3 Å². The monoisotopic (exact) mass is 481 g/mol. The molecule has 5 rings (SSSR count). The minimum Gasteiger partial charge on any atom is -0.595 e. The van der Waals surface area contributed by atoms with Gasteiger partial charge in [0.15, 0.2) is 0 Å². The molecule has 2 aliphatic heterocycles. The molecule has 3 N–H and O–H groups in total. The molecule has 1 fully saturated rings. The molecule has 1 aromatic carbocycles. The molecule has 35 heavy (non-hydrogen) atoms. The first-order valence-electron chi connectivity index (χ1n) is 11.6. The third kappa shape index (κ3) is 3.93. The van der Waals surface area contributed by atoms with Crippen LogP contribution in [0.5, 0.6) is 5.75 Å². The van der Waals surface area contributed by atoms with Gasteiger partial charge in [-0.2, -0.15) is 5.23 Å². The molecular weight excluding hydrogens is 454 g/mol. The van der Waals surface area contributed by atoms with Crippen molar-refractivity contribution in [3.05, 3.63) is 72.6 Å². The maximum Gasteiger partial charge on any atom is 0.339 e. The van der Waals surface area contributed by atoms with Crippen LogP contribution in [0.25, 0.3) is 11.0 Å². The number of nitrogens with zero attached hydrogens (tertiary/aromatic N) is 2. The van der Waals surface area contributed by atoms with Gasteiger partial charge in [-0.25, -0.2) is 10.0 Å². The molecule has 1 amide bonds. The normalized spacial score (nSPS) is 20.1. The van der Waals surface area contributed by atoms with Crippen molar-refractivity contribution in [3.8, 4) is 5.75 Å². The molecule has 0 radical (unpaired) electrons. The molecule has 1 unspecified atom stereocenters. The second kappa shape index (κ2) is 8.63. The van der Waals surface area contributed by atoms with Crippen molar-refractivity contribution in [3.63, 3.8) is 0 Å². The largest absolute Gasteiger partial charge is 0.595 e. The topological polar surface area (TPSA) is 140 Å². The van der Waals surface area contributed by atoms with E-state index in [-0.39, 0.29) is 42.0 Å². The number of hydrogen-bond acceptors (Lipinski definition) is 7. The number of piperidine rings is 1. The number of aromatic nitrogens is 1. The Morgan fingerprint density at radius 1 is 1.14 bits per heavy atom. The fourth-order valence-electron chi connectivity index (χ4n) is 5.57. The van der Waals surface area contributed by atoms with Gasteiger partial charge in [0.05, 0.1) is 0 Å². The molecule has 184 valence electrons. The molecule has 1 saturated heterocycles.